The molecule has 0 aliphatic heterocycles. The molecule has 1 unspecified atom stereocenters. The third-order valence-electron chi connectivity index (χ3n) is 7.66. The second-order valence-corrected chi connectivity index (χ2v) is 15.8. The fourth-order valence-electron chi connectivity index (χ4n) is 4.96. The minimum absolute atomic E-state index is 0. The van der Waals surface area contributed by atoms with Crippen molar-refractivity contribution in [3.8, 4) is 0 Å². The van der Waals surface area contributed by atoms with Crippen LogP contribution < -0.4 is 40.2 Å². The second kappa shape index (κ2) is 31.5. The summed E-state index contributed by atoms with van der Waals surface area (Å²) in [4.78, 5) is 23.3. The molecular weight excluding hydrogens is 627 g/mol. The number of rotatable bonds is 28. The molecule has 0 spiro atoms. The van der Waals surface area contributed by atoms with Gasteiger partial charge in [-0.3, -0.25) is 9.59 Å². The number of quaternary nitrogens is 2. The molecule has 274 valence electrons. The molecular formula is C35H73N4NaO6S+2. The first-order valence-corrected chi connectivity index (χ1v) is 19.5. The van der Waals surface area contributed by atoms with Crippen molar-refractivity contribution in [3.05, 3.63) is 12.2 Å². The van der Waals surface area contributed by atoms with Gasteiger partial charge in [-0.1, -0.05) is 77.4 Å². The number of nitrogens with zero attached hydrogens (tertiary/aromatic N) is 2. The van der Waals surface area contributed by atoms with Gasteiger partial charge in [-0.15, -0.1) is 0 Å². The first kappa shape index (κ1) is 50.8. The van der Waals surface area contributed by atoms with Crippen molar-refractivity contribution in [2.75, 3.05) is 61.4 Å². The van der Waals surface area contributed by atoms with Gasteiger partial charge in [0.05, 0.1) is 51.9 Å². The summed E-state index contributed by atoms with van der Waals surface area (Å²) in [7, 11) is 5.72. The maximum absolute atomic E-state index is 11.7. The summed E-state index contributed by atoms with van der Waals surface area (Å²) in [6.45, 7) is 7.14. The van der Waals surface area contributed by atoms with Crippen LogP contribution in [0.15, 0.2) is 12.2 Å². The van der Waals surface area contributed by atoms with Gasteiger partial charge in [-0.05, 0) is 44.9 Å². The van der Waals surface area contributed by atoms with Gasteiger partial charge in [0.1, 0.15) is 6.54 Å². The van der Waals surface area contributed by atoms with E-state index in [1.54, 1.807) is 14.1 Å². The van der Waals surface area contributed by atoms with Gasteiger partial charge in [-0.2, -0.15) is 4.65 Å². The molecule has 10 nitrogen and oxygen atoms in total. The van der Waals surface area contributed by atoms with Gasteiger partial charge in [-0.25, -0.2) is 13.6 Å². The fraction of sp³-hybridized carbons (Fsp3) is 0.886. The van der Waals surface area contributed by atoms with Crippen LogP contribution in [-0.4, -0.2) is 106 Å². The van der Waals surface area contributed by atoms with Gasteiger partial charge in [0.2, 0.25) is 11.8 Å². The van der Waals surface area contributed by atoms with Crippen LogP contribution in [0.2, 0.25) is 0 Å². The predicted molar refractivity (Wildman–Crippen MR) is 189 cm³/mol. The van der Waals surface area contributed by atoms with Crippen LogP contribution in [0.3, 0.4) is 0 Å². The van der Waals surface area contributed by atoms with Crippen molar-refractivity contribution >= 4 is 21.9 Å². The Hall–Kier alpha value is -0.530. The van der Waals surface area contributed by atoms with Gasteiger partial charge in [0.25, 0.3) is 0 Å². The molecule has 0 radical (unpaired) electrons. The van der Waals surface area contributed by atoms with Crippen LogP contribution in [0.25, 0.3) is 0 Å². The number of amides is 2. The third-order valence-corrected chi connectivity index (χ3v) is 8.95. The monoisotopic (exact) mass is 701 g/mol. The van der Waals surface area contributed by atoms with Crippen LogP contribution in [0.4, 0.5) is 0 Å². The standard InChI is InChI=1S/C18H38N2O4S.C17H34N2O2.Na/c1-5-12-17(25(22,23)24)13-9-7-6-8-10-14-18(21)19-15-11-16-20(2,3)4;1-4-5-6-7-8-9-10-11-12-14-17(20)18-15-13-16-19(2,3)21;/h17H,5-16H2,1-4H3,(H-,19,21,22,23,24);5-6,21H,4,7-16H2,1-3H3;/q;;+1/p+1/b;6-5+;. The molecule has 2 amide bonds. The van der Waals surface area contributed by atoms with E-state index in [0.29, 0.717) is 38.8 Å². The van der Waals surface area contributed by atoms with Crippen molar-refractivity contribution in [2.45, 2.75) is 141 Å². The first-order valence-electron chi connectivity index (χ1n) is 18.0. The Balaban J connectivity index is -0.000000818. The van der Waals surface area contributed by atoms with Gasteiger partial charge in [0.15, 0.2) is 0 Å². The molecule has 0 fully saturated rings. The number of hydrogen-bond acceptors (Lipinski definition) is 6. The summed E-state index contributed by atoms with van der Waals surface area (Å²) in [5.41, 5.74) is 0. The van der Waals surface area contributed by atoms with Crippen molar-refractivity contribution in [3.63, 3.8) is 0 Å². The zero-order valence-electron chi connectivity index (χ0n) is 31.8. The number of allylic oxidation sites excluding steroid dienone is 2. The quantitative estimate of drug-likeness (QED) is 0.0287. The molecule has 47 heavy (non-hydrogen) atoms. The molecule has 0 saturated heterocycles. The number of hydrogen-bond donors (Lipinski definition) is 3. The van der Waals surface area contributed by atoms with Gasteiger partial charge in [0, 0.05) is 44.0 Å². The number of carbonyl (C=O) groups excluding carboxylic acids is 2. The first-order chi connectivity index (χ1) is 21.5. The normalized spacial score (nSPS) is 12.6. The van der Waals surface area contributed by atoms with E-state index in [4.69, 9.17) is 0 Å². The topological polar surface area (TPSA) is 136 Å². The average Bonchev–Trinajstić information content (AvgIpc) is 2.94. The van der Waals surface area contributed by atoms with Crippen LogP contribution >= 0.6 is 0 Å². The molecule has 0 aromatic carbocycles. The minimum atomic E-state index is -4.16. The molecule has 0 bridgehead atoms. The summed E-state index contributed by atoms with van der Waals surface area (Å²) in [6, 6.07) is 0. The smallest absolute Gasteiger partial charge is 0.748 e. The Morgan fingerprint density at radius 1 is 0.702 bits per heavy atom. The van der Waals surface area contributed by atoms with E-state index in [1.165, 1.54) is 25.7 Å². The molecule has 0 aromatic heterocycles. The second-order valence-electron chi connectivity index (χ2n) is 14.2. The molecule has 0 aliphatic rings. The van der Waals surface area contributed by atoms with Crippen LogP contribution in [0, 0.1) is 0 Å². The Bertz CT molecular complexity index is 889. The average molecular weight is 701 g/mol. The summed E-state index contributed by atoms with van der Waals surface area (Å²) in [5, 5.41) is 14.6. The third kappa shape index (κ3) is 41.6. The number of hydroxylamine groups is 3. The molecule has 0 aliphatic carbocycles. The number of nitrogens with one attached hydrogen (secondary N) is 2. The van der Waals surface area contributed by atoms with Gasteiger partial charge < -0.3 is 19.7 Å². The SMILES string of the molecule is CC/C=C/CCCCCCCC(=O)NCCC[N+](C)(C)O.CCCC(CCCCCCCC(=O)NCCC[N+](C)(C)C)S(=O)(=O)[O-].[Na+]. The summed E-state index contributed by atoms with van der Waals surface area (Å²) < 4.78 is 34.2. The minimum Gasteiger partial charge on any atom is -0.748 e. The molecule has 0 heterocycles. The Kier molecular flexibility index (Phi) is 34.0. The number of unbranched alkanes of at least 4 members (excludes halogenated alkanes) is 9. The van der Waals surface area contributed by atoms with E-state index in [0.717, 1.165) is 88.2 Å². The Morgan fingerprint density at radius 2 is 1.17 bits per heavy atom. The van der Waals surface area contributed by atoms with Crippen LogP contribution in [0.5, 0.6) is 0 Å². The summed E-state index contributed by atoms with van der Waals surface area (Å²) >= 11 is 0. The van der Waals surface area contributed by atoms with E-state index in [-0.39, 0.29) is 46.0 Å². The zero-order chi connectivity index (χ0) is 35.3. The zero-order valence-corrected chi connectivity index (χ0v) is 34.6. The molecule has 3 N–H and O–H groups in total. The Labute approximate surface area is 312 Å². The van der Waals surface area contributed by atoms with Crippen molar-refractivity contribution in [1.29, 1.82) is 0 Å². The maximum Gasteiger partial charge on any atom is 1.00 e. The molecule has 0 aromatic rings. The van der Waals surface area contributed by atoms with E-state index in [2.05, 4.69) is 50.9 Å². The maximum atomic E-state index is 11.7. The van der Waals surface area contributed by atoms with E-state index in [9.17, 15) is 27.8 Å². The van der Waals surface area contributed by atoms with Crippen LogP contribution in [0.1, 0.15) is 136 Å². The molecule has 12 heteroatoms. The summed E-state index contributed by atoms with van der Waals surface area (Å²) in [5.74, 6) is 0.256. The molecule has 0 rings (SSSR count). The van der Waals surface area contributed by atoms with E-state index < -0.39 is 15.4 Å². The largest absolute Gasteiger partial charge is 1.00 e. The molecule has 0 saturated carbocycles. The van der Waals surface area contributed by atoms with Crippen molar-refractivity contribution < 1.29 is 66.5 Å². The van der Waals surface area contributed by atoms with Gasteiger partial charge >= 0.3 is 29.6 Å². The Morgan fingerprint density at radius 3 is 1.62 bits per heavy atom. The van der Waals surface area contributed by atoms with E-state index in [1.807, 2.05) is 6.92 Å². The fourth-order valence-corrected chi connectivity index (χ4v) is 5.94. The van der Waals surface area contributed by atoms with Crippen LogP contribution in [-0.2, 0) is 19.7 Å². The summed E-state index contributed by atoms with van der Waals surface area (Å²) in [6.07, 6.45) is 21.8. The number of carbonyl (C=O) groups is 2. The molecule has 1 atom stereocenters. The predicted octanol–water partition coefficient (Wildman–Crippen LogP) is 3.30. The van der Waals surface area contributed by atoms with Crippen molar-refractivity contribution in [1.82, 2.24) is 10.6 Å². The van der Waals surface area contributed by atoms with Crippen molar-refractivity contribution in [2.24, 2.45) is 0 Å². The van der Waals surface area contributed by atoms with E-state index >= 15 is 0 Å².